The van der Waals surface area contributed by atoms with E-state index in [4.69, 9.17) is 9.29 Å². The molecule has 3 rings (SSSR count). The Bertz CT molecular complexity index is 1010. The quantitative estimate of drug-likeness (QED) is 0.607. The fourth-order valence-electron chi connectivity index (χ4n) is 2.82. The van der Waals surface area contributed by atoms with Gasteiger partial charge in [-0.1, -0.05) is 44.2 Å². The molecule has 0 heterocycles. The minimum atomic E-state index is -4.18. The molecule has 1 unspecified atom stereocenters. The van der Waals surface area contributed by atoms with Gasteiger partial charge in [0.15, 0.2) is 0 Å². The van der Waals surface area contributed by atoms with Gasteiger partial charge in [0.05, 0.1) is 4.90 Å². The second kappa shape index (κ2) is 7.48. The van der Waals surface area contributed by atoms with Crippen molar-refractivity contribution in [2.45, 2.75) is 37.7 Å². The lowest BCUT2D eigenvalue weighted by Crippen LogP contribution is -1.99. The molecule has 5 heteroatoms. The van der Waals surface area contributed by atoms with Crippen molar-refractivity contribution in [1.82, 2.24) is 0 Å². The van der Waals surface area contributed by atoms with Crippen molar-refractivity contribution in [3.8, 4) is 5.75 Å². The smallest absolute Gasteiger partial charge is 0.294 e. The van der Waals surface area contributed by atoms with Gasteiger partial charge < -0.3 is 4.74 Å². The first-order valence-corrected chi connectivity index (χ1v) is 10.0. The van der Waals surface area contributed by atoms with Crippen LogP contribution in [-0.4, -0.2) is 13.0 Å². The number of hydrogen-bond donors (Lipinski definition) is 1. The van der Waals surface area contributed by atoms with Gasteiger partial charge in [0.25, 0.3) is 10.1 Å². The van der Waals surface area contributed by atoms with E-state index in [1.54, 1.807) is 0 Å². The van der Waals surface area contributed by atoms with Crippen molar-refractivity contribution in [2.75, 3.05) is 0 Å². The first-order chi connectivity index (χ1) is 12.4. The van der Waals surface area contributed by atoms with Crippen molar-refractivity contribution in [1.29, 1.82) is 0 Å². The summed E-state index contributed by atoms with van der Waals surface area (Å²) in [6, 6.07) is 18.5. The molecule has 4 nitrogen and oxygen atoms in total. The summed E-state index contributed by atoms with van der Waals surface area (Å²) in [5.74, 6) is 1.10. The van der Waals surface area contributed by atoms with Gasteiger partial charge in [-0.25, -0.2) is 0 Å². The molecule has 0 spiro atoms. The van der Waals surface area contributed by atoms with Gasteiger partial charge >= 0.3 is 0 Å². The monoisotopic (exact) mass is 370 g/mol. The van der Waals surface area contributed by atoms with Crippen LogP contribution in [0.2, 0.25) is 0 Å². The molecule has 0 fully saturated rings. The lowest BCUT2D eigenvalue weighted by molar-refractivity contribution is 0.306. The molecule has 0 aliphatic rings. The van der Waals surface area contributed by atoms with Gasteiger partial charge in [-0.2, -0.15) is 8.42 Å². The van der Waals surface area contributed by atoms with E-state index < -0.39 is 10.1 Å². The fraction of sp³-hybridized carbons (Fsp3) is 0.238. The molecule has 0 saturated carbocycles. The third-order valence-electron chi connectivity index (χ3n) is 4.64. The van der Waals surface area contributed by atoms with Crippen LogP contribution in [0.5, 0.6) is 5.75 Å². The molecule has 3 aromatic carbocycles. The molecule has 26 heavy (non-hydrogen) atoms. The average molecular weight is 370 g/mol. The van der Waals surface area contributed by atoms with Crippen LogP contribution in [-0.2, 0) is 16.7 Å². The Hall–Kier alpha value is -2.37. The first kappa shape index (κ1) is 18.4. The van der Waals surface area contributed by atoms with Crippen LogP contribution >= 0.6 is 0 Å². The van der Waals surface area contributed by atoms with Crippen molar-refractivity contribution in [2.24, 2.45) is 0 Å². The molecule has 1 atom stereocenters. The standard InChI is InChI=1S/C21H22O4S/c1-3-15(2)17-6-7-18-12-16(4-5-19(18)13-17)14-25-20-8-10-21(11-9-20)26(22,23)24/h4-13,15H,3,14H2,1-2H3,(H,22,23,24). The van der Waals surface area contributed by atoms with Gasteiger partial charge in [0, 0.05) is 0 Å². The normalized spacial score (nSPS) is 12.9. The SMILES string of the molecule is CCC(C)c1ccc2cc(COc3ccc(S(=O)(=O)O)cc3)ccc2c1. The molecular weight excluding hydrogens is 348 g/mol. The second-order valence-corrected chi connectivity index (χ2v) is 7.91. The topological polar surface area (TPSA) is 63.6 Å². The highest BCUT2D eigenvalue weighted by Gasteiger charge is 2.09. The third-order valence-corrected chi connectivity index (χ3v) is 5.51. The summed E-state index contributed by atoms with van der Waals surface area (Å²) in [7, 11) is -4.18. The third kappa shape index (κ3) is 4.23. The van der Waals surface area contributed by atoms with Crippen molar-refractivity contribution in [3.05, 3.63) is 71.8 Å². The van der Waals surface area contributed by atoms with E-state index >= 15 is 0 Å². The second-order valence-electron chi connectivity index (χ2n) is 6.49. The summed E-state index contributed by atoms with van der Waals surface area (Å²) in [6.45, 7) is 4.81. The van der Waals surface area contributed by atoms with Gasteiger partial charge in [-0.15, -0.1) is 0 Å². The van der Waals surface area contributed by atoms with Crippen LogP contribution in [0.1, 0.15) is 37.3 Å². The highest BCUT2D eigenvalue weighted by Crippen LogP contribution is 2.25. The molecule has 0 radical (unpaired) electrons. The molecule has 136 valence electrons. The summed E-state index contributed by atoms with van der Waals surface area (Å²) in [5.41, 5.74) is 2.38. The van der Waals surface area contributed by atoms with Gasteiger partial charge in [0.1, 0.15) is 12.4 Å². The Kier molecular flexibility index (Phi) is 5.30. The van der Waals surface area contributed by atoms with E-state index in [9.17, 15) is 8.42 Å². The maximum atomic E-state index is 11.0. The average Bonchev–Trinajstić information content (AvgIpc) is 2.64. The van der Waals surface area contributed by atoms with Crippen molar-refractivity contribution >= 4 is 20.9 Å². The molecular formula is C21H22O4S. The summed E-state index contributed by atoms with van der Waals surface area (Å²) in [4.78, 5) is -0.146. The highest BCUT2D eigenvalue weighted by molar-refractivity contribution is 7.85. The van der Waals surface area contributed by atoms with E-state index in [1.165, 1.54) is 40.6 Å². The lowest BCUT2D eigenvalue weighted by atomic mass is 9.95. The zero-order chi connectivity index (χ0) is 18.7. The molecule has 0 bridgehead atoms. The number of rotatable bonds is 6. The van der Waals surface area contributed by atoms with Crippen LogP contribution in [0.3, 0.4) is 0 Å². The molecule has 3 aromatic rings. The minimum absolute atomic E-state index is 0.146. The molecule has 0 amide bonds. The maximum absolute atomic E-state index is 11.0. The van der Waals surface area contributed by atoms with Crippen LogP contribution in [0.4, 0.5) is 0 Å². The van der Waals surface area contributed by atoms with Gasteiger partial charge in [0.2, 0.25) is 0 Å². The molecule has 0 aliphatic carbocycles. The molecule has 1 N–H and O–H groups in total. The number of hydrogen-bond acceptors (Lipinski definition) is 3. The van der Waals surface area contributed by atoms with E-state index in [0.717, 1.165) is 12.0 Å². The van der Waals surface area contributed by atoms with Crippen molar-refractivity contribution in [3.63, 3.8) is 0 Å². The first-order valence-electron chi connectivity index (χ1n) is 8.60. The Morgan fingerprint density at radius 1 is 0.962 bits per heavy atom. The fourth-order valence-corrected chi connectivity index (χ4v) is 3.30. The van der Waals surface area contributed by atoms with E-state index in [-0.39, 0.29) is 4.90 Å². The lowest BCUT2D eigenvalue weighted by Gasteiger charge is -2.11. The largest absolute Gasteiger partial charge is 0.489 e. The zero-order valence-corrected chi connectivity index (χ0v) is 15.7. The molecule has 0 aromatic heterocycles. The number of benzene rings is 3. The summed E-state index contributed by atoms with van der Waals surface area (Å²) < 4.78 is 36.8. The summed E-state index contributed by atoms with van der Waals surface area (Å²) >= 11 is 0. The predicted molar refractivity (Wildman–Crippen MR) is 103 cm³/mol. The van der Waals surface area contributed by atoms with E-state index in [0.29, 0.717) is 18.3 Å². The van der Waals surface area contributed by atoms with E-state index in [1.807, 2.05) is 6.07 Å². The Labute approximate surface area is 154 Å². The van der Waals surface area contributed by atoms with Crippen LogP contribution in [0.15, 0.2) is 65.6 Å². The summed E-state index contributed by atoms with van der Waals surface area (Å²) in [5, 5.41) is 2.38. The predicted octanol–water partition coefficient (Wildman–Crippen LogP) is 5.18. The number of fused-ring (bicyclic) bond motifs is 1. The Morgan fingerprint density at radius 3 is 2.27 bits per heavy atom. The van der Waals surface area contributed by atoms with Gasteiger partial charge in [-0.05, 0) is 64.6 Å². The Morgan fingerprint density at radius 2 is 1.62 bits per heavy atom. The van der Waals surface area contributed by atoms with E-state index in [2.05, 4.69) is 44.2 Å². The van der Waals surface area contributed by atoms with Crippen molar-refractivity contribution < 1.29 is 17.7 Å². The maximum Gasteiger partial charge on any atom is 0.294 e. The van der Waals surface area contributed by atoms with Crippen LogP contribution in [0.25, 0.3) is 10.8 Å². The van der Waals surface area contributed by atoms with Crippen LogP contribution in [0, 0.1) is 0 Å². The molecule has 0 saturated heterocycles. The van der Waals surface area contributed by atoms with Crippen LogP contribution < -0.4 is 4.74 Å². The zero-order valence-electron chi connectivity index (χ0n) is 14.8. The Balaban J connectivity index is 1.73. The van der Waals surface area contributed by atoms with Gasteiger partial charge in [-0.3, -0.25) is 4.55 Å². The number of ether oxygens (including phenoxy) is 1. The highest BCUT2D eigenvalue weighted by atomic mass is 32.2. The summed E-state index contributed by atoms with van der Waals surface area (Å²) in [6.07, 6.45) is 1.12. The minimum Gasteiger partial charge on any atom is -0.489 e. The molecule has 0 aliphatic heterocycles.